The first-order chi connectivity index (χ1) is 8.18. The normalized spacial score (nSPS) is 10.0. The minimum Gasteiger partial charge on any atom is -0.290 e. The summed E-state index contributed by atoms with van der Waals surface area (Å²) in [4.78, 5) is 19.4. The molecular weight excluding hydrogens is 221 g/mol. The molecule has 1 aromatic heterocycles. The molecule has 1 heterocycles. The van der Waals surface area contributed by atoms with Gasteiger partial charge < -0.3 is 0 Å². The lowest BCUT2D eigenvalue weighted by atomic mass is 10.1. The molecular formula is C12H10FN3O. The molecule has 86 valence electrons. The van der Waals surface area contributed by atoms with Gasteiger partial charge in [0.2, 0.25) is 5.95 Å². The smallest absolute Gasteiger partial charge is 0.261 e. The number of benzene rings is 1. The predicted molar refractivity (Wildman–Crippen MR) is 61.1 cm³/mol. The van der Waals surface area contributed by atoms with E-state index in [9.17, 15) is 9.18 Å². The summed E-state index contributed by atoms with van der Waals surface area (Å²) in [6.07, 6.45) is 2.99. The van der Waals surface area contributed by atoms with Crippen LogP contribution in [0.2, 0.25) is 0 Å². The Bertz CT molecular complexity index is 543. The second-order valence-corrected chi connectivity index (χ2v) is 3.46. The third-order valence-electron chi connectivity index (χ3n) is 2.23. The average molecular weight is 231 g/mol. The molecule has 1 N–H and O–H groups in total. The highest BCUT2D eigenvalue weighted by molar-refractivity contribution is 6.03. The van der Waals surface area contributed by atoms with Gasteiger partial charge in [0.25, 0.3) is 5.91 Å². The molecule has 1 aromatic carbocycles. The van der Waals surface area contributed by atoms with Gasteiger partial charge in [-0.1, -0.05) is 12.1 Å². The van der Waals surface area contributed by atoms with Crippen molar-refractivity contribution >= 4 is 11.9 Å². The number of aryl methyl sites for hydroxylation is 1. The van der Waals surface area contributed by atoms with E-state index in [0.29, 0.717) is 5.56 Å². The topological polar surface area (TPSA) is 54.9 Å². The Hall–Kier alpha value is -2.30. The van der Waals surface area contributed by atoms with Gasteiger partial charge in [-0.15, -0.1) is 0 Å². The van der Waals surface area contributed by atoms with Crippen molar-refractivity contribution in [3.05, 3.63) is 53.6 Å². The second-order valence-electron chi connectivity index (χ2n) is 3.46. The highest BCUT2D eigenvalue weighted by Gasteiger charge is 2.13. The minimum atomic E-state index is -0.558. The van der Waals surface area contributed by atoms with Crippen LogP contribution in [-0.4, -0.2) is 15.9 Å². The quantitative estimate of drug-likeness (QED) is 0.861. The van der Waals surface area contributed by atoms with Crippen molar-refractivity contribution in [1.29, 1.82) is 0 Å². The van der Waals surface area contributed by atoms with Crippen LogP contribution in [0.5, 0.6) is 0 Å². The van der Waals surface area contributed by atoms with Crippen molar-refractivity contribution in [2.45, 2.75) is 6.92 Å². The molecule has 0 aliphatic heterocycles. The Kier molecular flexibility index (Phi) is 3.09. The highest BCUT2D eigenvalue weighted by Crippen LogP contribution is 2.12. The van der Waals surface area contributed by atoms with E-state index in [2.05, 4.69) is 15.3 Å². The average Bonchev–Trinajstić information content (AvgIpc) is 2.34. The lowest BCUT2D eigenvalue weighted by molar-refractivity contribution is 0.102. The van der Waals surface area contributed by atoms with Gasteiger partial charge in [-0.25, -0.2) is 14.4 Å². The van der Waals surface area contributed by atoms with Crippen LogP contribution in [0.3, 0.4) is 0 Å². The maximum atomic E-state index is 13.7. The summed E-state index contributed by atoms with van der Waals surface area (Å²) >= 11 is 0. The highest BCUT2D eigenvalue weighted by atomic mass is 19.1. The minimum absolute atomic E-state index is 0.0162. The summed E-state index contributed by atoms with van der Waals surface area (Å²) < 4.78 is 13.7. The number of halogens is 1. The maximum absolute atomic E-state index is 13.7. The zero-order valence-electron chi connectivity index (χ0n) is 9.14. The molecule has 0 unspecified atom stereocenters. The molecule has 0 radical (unpaired) electrons. The summed E-state index contributed by atoms with van der Waals surface area (Å²) in [5.74, 6) is -0.934. The standard InChI is InChI=1S/C12H10FN3O/c1-8-4-2-5-9(10(8)13)11(17)16-12-14-6-3-7-15-12/h2-7H,1H3,(H,14,15,16,17). The molecule has 2 rings (SSSR count). The summed E-state index contributed by atoms with van der Waals surface area (Å²) in [7, 11) is 0. The summed E-state index contributed by atoms with van der Waals surface area (Å²) in [6.45, 7) is 1.60. The van der Waals surface area contributed by atoms with E-state index in [1.165, 1.54) is 18.5 Å². The van der Waals surface area contributed by atoms with Crippen molar-refractivity contribution < 1.29 is 9.18 Å². The number of carbonyl (C=O) groups excluding carboxylic acids is 1. The predicted octanol–water partition coefficient (Wildman–Crippen LogP) is 2.18. The Morgan fingerprint density at radius 2 is 1.94 bits per heavy atom. The monoisotopic (exact) mass is 231 g/mol. The van der Waals surface area contributed by atoms with E-state index in [-0.39, 0.29) is 11.5 Å². The second kappa shape index (κ2) is 4.69. The lowest BCUT2D eigenvalue weighted by Gasteiger charge is -2.05. The van der Waals surface area contributed by atoms with Gasteiger partial charge in [0.1, 0.15) is 5.82 Å². The van der Waals surface area contributed by atoms with Crippen molar-refractivity contribution in [2.75, 3.05) is 5.32 Å². The van der Waals surface area contributed by atoms with Crippen LogP contribution in [0, 0.1) is 12.7 Å². The fraction of sp³-hybridized carbons (Fsp3) is 0.0833. The zero-order valence-corrected chi connectivity index (χ0v) is 9.14. The molecule has 0 aliphatic carbocycles. The Labute approximate surface area is 97.5 Å². The van der Waals surface area contributed by atoms with Crippen molar-refractivity contribution in [2.24, 2.45) is 0 Å². The number of anilines is 1. The van der Waals surface area contributed by atoms with Gasteiger partial charge in [0.15, 0.2) is 0 Å². The largest absolute Gasteiger partial charge is 0.290 e. The molecule has 0 saturated heterocycles. The van der Waals surface area contributed by atoms with E-state index in [1.807, 2.05) is 0 Å². The Balaban J connectivity index is 2.24. The Morgan fingerprint density at radius 3 is 2.65 bits per heavy atom. The van der Waals surface area contributed by atoms with Crippen molar-refractivity contribution in [3.8, 4) is 0 Å². The van der Waals surface area contributed by atoms with Crippen LogP contribution in [0.25, 0.3) is 0 Å². The molecule has 5 heteroatoms. The number of rotatable bonds is 2. The van der Waals surface area contributed by atoms with Gasteiger partial charge in [-0.3, -0.25) is 10.1 Å². The molecule has 0 bridgehead atoms. The number of nitrogens with one attached hydrogen (secondary N) is 1. The summed E-state index contributed by atoms with van der Waals surface area (Å²) in [5.41, 5.74) is 0.407. The SMILES string of the molecule is Cc1cccc(C(=O)Nc2ncccn2)c1F. The van der Waals surface area contributed by atoms with Crippen molar-refractivity contribution in [3.63, 3.8) is 0 Å². The van der Waals surface area contributed by atoms with Crippen molar-refractivity contribution in [1.82, 2.24) is 9.97 Å². The lowest BCUT2D eigenvalue weighted by Crippen LogP contribution is -2.16. The molecule has 1 amide bonds. The van der Waals surface area contributed by atoms with Crippen LogP contribution in [0.4, 0.5) is 10.3 Å². The molecule has 2 aromatic rings. The third-order valence-corrected chi connectivity index (χ3v) is 2.23. The van der Waals surface area contributed by atoms with Crippen LogP contribution in [-0.2, 0) is 0 Å². The number of amides is 1. The van der Waals surface area contributed by atoms with Gasteiger partial charge in [-0.2, -0.15) is 0 Å². The fourth-order valence-corrected chi connectivity index (χ4v) is 1.36. The molecule has 0 spiro atoms. The maximum Gasteiger partial charge on any atom is 0.261 e. The number of carbonyl (C=O) groups is 1. The van der Waals surface area contributed by atoms with Gasteiger partial charge >= 0.3 is 0 Å². The van der Waals surface area contributed by atoms with E-state index < -0.39 is 11.7 Å². The van der Waals surface area contributed by atoms with Crippen LogP contribution in [0.1, 0.15) is 15.9 Å². The Morgan fingerprint density at radius 1 is 1.24 bits per heavy atom. The summed E-state index contributed by atoms with van der Waals surface area (Å²) in [6, 6.07) is 6.27. The van der Waals surface area contributed by atoms with Gasteiger partial charge in [0.05, 0.1) is 5.56 Å². The van der Waals surface area contributed by atoms with E-state index in [0.717, 1.165) is 0 Å². The molecule has 0 atom stereocenters. The first kappa shape index (κ1) is 11.2. The molecule has 4 nitrogen and oxygen atoms in total. The van der Waals surface area contributed by atoms with Crippen LogP contribution < -0.4 is 5.32 Å². The third kappa shape index (κ3) is 2.44. The molecule has 17 heavy (non-hydrogen) atoms. The van der Waals surface area contributed by atoms with E-state index >= 15 is 0 Å². The van der Waals surface area contributed by atoms with Crippen LogP contribution in [0.15, 0.2) is 36.7 Å². The zero-order chi connectivity index (χ0) is 12.3. The molecule has 0 saturated carbocycles. The number of aromatic nitrogens is 2. The van der Waals surface area contributed by atoms with E-state index in [4.69, 9.17) is 0 Å². The first-order valence-corrected chi connectivity index (χ1v) is 5.02. The summed E-state index contributed by atoms with van der Waals surface area (Å²) in [5, 5.41) is 2.43. The van der Waals surface area contributed by atoms with Crippen LogP contribution >= 0.6 is 0 Å². The fourth-order valence-electron chi connectivity index (χ4n) is 1.36. The molecule has 0 fully saturated rings. The van der Waals surface area contributed by atoms with Gasteiger partial charge in [-0.05, 0) is 24.6 Å². The van der Waals surface area contributed by atoms with Gasteiger partial charge in [0, 0.05) is 12.4 Å². The number of hydrogen-bond acceptors (Lipinski definition) is 3. The van der Waals surface area contributed by atoms with E-state index in [1.54, 1.807) is 25.1 Å². The number of hydrogen-bond donors (Lipinski definition) is 1. The molecule has 0 aliphatic rings. The number of nitrogens with zero attached hydrogens (tertiary/aromatic N) is 2. The first-order valence-electron chi connectivity index (χ1n) is 5.02.